The highest BCUT2D eigenvalue weighted by Gasteiger charge is 2.21. The molecule has 4 heteroatoms. The van der Waals surface area contributed by atoms with E-state index in [1.807, 2.05) is 0 Å². The van der Waals surface area contributed by atoms with E-state index in [1.54, 1.807) is 0 Å². The smallest absolute Gasteiger partial charge is 0.330 e. The fraction of sp³-hybridized carbons (Fsp3) is 0.600. The molecule has 0 radical (unpaired) electrons. The van der Waals surface area contributed by atoms with Gasteiger partial charge >= 0.3 is 6.18 Å². The van der Waals surface area contributed by atoms with Crippen LogP contribution in [0.1, 0.15) is 6.42 Å². The van der Waals surface area contributed by atoms with Gasteiger partial charge in [0.15, 0.2) is 0 Å². The molecule has 0 saturated carbocycles. The van der Waals surface area contributed by atoms with Crippen molar-refractivity contribution in [1.82, 2.24) is 0 Å². The van der Waals surface area contributed by atoms with Gasteiger partial charge in [0.1, 0.15) is 0 Å². The Bertz CT molecular complexity index is 94.9. The SMILES string of the molecule is NCC/C=C/C(F)(F)F. The van der Waals surface area contributed by atoms with Crippen molar-refractivity contribution in [2.45, 2.75) is 12.6 Å². The maximum atomic E-state index is 11.3. The first-order chi connectivity index (χ1) is 4.06. The number of alkyl halides is 3. The first-order valence-electron chi connectivity index (χ1n) is 2.51. The molecule has 54 valence electrons. The van der Waals surface area contributed by atoms with Crippen molar-refractivity contribution in [1.29, 1.82) is 0 Å². The average molecular weight is 139 g/mol. The van der Waals surface area contributed by atoms with Crippen LogP contribution < -0.4 is 5.73 Å². The average Bonchev–Trinajstić information content (AvgIpc) is 1.63. The van der Waals surface area contributed by atoms with Crippen LogP contribution in [0.25, 0.3) is 0 Å². The van der Waals surface area contributed by atoms with Crippen molar-refractivity contribution in [3.63, 3.8) is 0 Å². The maximum Gasteiger partial charge on any atom is 0.409 e. The monoisotopic (exact) mass is 139 g/mol. The summed E-state index contributed by atoms with van der Waals surface area (Å²) in [4.78, 5) is 0. The summed E-state index contributed by atoms with van der Waals surface area (Å²) in [6, 6.07) is 0. The molecule has 0 aliphatic heterocycles. The van der Waals surface area contributed by atoms with Crippen LogP contribution in [0.4, 0.5) is 13.2 Å². The van der Waals surface area contributed by atoms with Crippen LogP contribution in [-0.4, -0.2) is 12.7 Å². The van der Waals surface area contributed by atoms with Crippen molar-refractivity contribution in [2.24, 2.45) is 5.73 Å². The molecule has 0 spiro atoms. The van der Waals surface area contributed by atoms with E-state index in [0.29, 0.717) is 0 Å². The number of rotatable bonds is 2. The third-order valence-corrected chi connectivity index (χ3v) is 0.640. The zero-order chi connectivity index (χ0) is 7.33. The molecule has 0 atom stereocenters. The second-order valence-corrected chi connectivity index (χ2v) is 1.52. The standard InChI is InChI=1S/C5H8F3N/c6-5(7,8)3-1-2-4-9/h1,3H,2,4,9H2/b3-1+. The molecule has 0 amide bonds. The van der Waals surface area contributed by atoms with Crippen LogP contribution in [0.5, 0.6) is 0 Å². The third-order valence-electron chi connectivity index (χ3n) is 0.640. The summed E-state index contributed by atoms with van der Waals surface area (Å²) in [7, 11) is 0. The minimum absolute atomic E-state index is 0.194. The lowest BCUT2D eigenvalue weighted by Crippen LogP contribution is -2.02. The van der Waals surface area contributed by atoms with Gasteiger partial charge in [0.25, 0.3) is 0 Å². The Morgan fingerprint density at radius 1 is 1.33 bits per heavy atom. The summed E-state index contributed by atoms with van der Waals surface area (Å²) >= 11 is 0. The van der Waals surface area contributed by atoms with E-state index in [0.717, 1.165) is 6.08 Å². The van der Waals surface area contributed by atoms with Gasteiger partial charge in [-0.15, -0.1) is 0 Å². The third kappa shape index (κ3) is 7.49. The summed E-state index contributed by atoms with van der Waals surface area (Å²) in [5, 5.41) is 0. The highest BCUT2D eigenvalue weighted by Crippen LogP contribution is 2.15. The van der Waals surface area contributed by atoms with Gasteiger partial charge in [0, 0.05) is 6.08 Å². The van der Waals surface area contributed by atoms with Gasteiger partial charge < -0.3 is 5.73 Å². The molecule has 0 fully saturated rings. The van der Waals surface area contributed by atoms with E-state index in [9.17, 15) is 13.2 Å². The van der Waals surface area contributed by atoms with Crippen LogP contribution >= 0.6 is 0 Å². The molecule has 0 heterocycles. The lowest BCUT2D eigenvalue weighted by atomic mass is 10.4. The molecule has 0 aromatic rings. The summed E-state index contributed by atoms with van der Waals surface area (Å²) in [5.74, 6) is 0. The van der Waals surface area contributed by atoms with E-state index in [1.165, 1.54) is 0 Å². The van der Waals surface area contributed by atoms with Crippen LogP contribution in [0.2, 0.25) is 0 Å². The van der Waals surface area contributed by atoms with Crippen molar-refractivity contribution in [3.05, 3.63) is 12.2 Å². The molecule has 0 aliphatic rings. The Hall–Kier alpha value is -0.510. The molecule has 0 aromatic carbocycles. The first kappa shape index (κ1) is 8.49. The summed E-state index contributed by atoms with van der Waals surface area (Å²) in [6.45, 7) is 0.257. The van der Waals surface area contributed by atoms with Gasteiger partial charge in [-0.25, -0.2) is 0 Å². The van der Waals surface area contributed by atoms with Crippen LogP contribution in [0.3, 0.4) is 0 Å². The molecule has 0 rings (SSSR count). The van der Waals surface area contributed by atoms with Crippen molar-refractivity contribution < 1.29 is 13.2 Å². The van der Waals surface area contributed by atoms with Crippen LogP contribution in [-0.2, 0) is 0 Å². The highest BCUT2D eigenvalue weighted by molar-refractivity contribution is 4.88. The van der Waals surface area contributed by atoms with Gasteiger partial charge in [-0.05, 0) is 13.0 Å². The second-order valence-electron chi connectivity index (χ2n) is 1.52. The minimum Gasteiger partial charge on any atom is -0.330 e. The Kier molecular flexibility index (Phi) is 3.30. The number of allylic oxidation sites excluding steroid dienone is 1. The maximum absolute atomic E-state index is 11.3. The number of hydrogen-bond donors (Lipinski definition) is 1. The van der Waals surface area contributed by atoms with Crippen LogP contribution in [0, 0.1) is 0 Å². The quantitative estimate of drug-likeness (QED) is 0.576. The van der Waals surface area contributed by atoms with Crippen molar-refractivity contribution in [3.8, 4) is 0 Å². The normalized spacial score (nSPS) is 12.9. The number of halogens is 3. The number of hydrogen-bond acceptors (Lipinski definition) is 1. The van der Waals surface area contributed by atoms with Crippen LogP contribution in [0.15, 0.2) is 12.2 Å². The molecule has 1 nitrogen and oxygen atoms in total. The lowest BCUT2D eigenvalue weighted by Gasteiger charge is -1.95. The predicted octanol–water partition coefficient (Wildman–Crippen LogP) is 1.45. The summed E-state index contributed by atoms with van der Waals surface area (Å²) in [5.41, 5.74) is 4.94. The fourth-order valence-corrected chi connectivity index (χ4v) is 0.313. The Labute approximate surface area is 51.3 Å². The summed E-state index contributed by atoms with van der Waals surface area (Å²) < 4.78 is 33.8. The molecule has 0 aromatic heterocycles. The molecular weight excluding hydrogens is 131 g/mol. The van der Waals surface area contributed by atoms with Gasteiger partial charge in [-0.2, -0.15) is 13.2 Å². The Morgan fingerprint density at radius 3 is 2.22 bits per heavy atom. The van der Waals surface area contributed by atoms with Crippen molar-refractivity contribution >= 4 is 0 Å². The minimum atomic E-state index is -4.19. The second kappa shape index (κ2) is 3.50. The molecule has 9 heavy (non-hydrogen) atoms. The lowest BCUT2D eigenvalue weighted by molar-refractivity contribution is -0.0800. The molecule has 0 unspecified atom stereocenters. The largest absolute Gasteiger partial charge is 0.409 e. The van der Waals surface area contributed by atoms with Gasteiger partial charge in [-0.1, -0.05) is 6.08 Å². The Morgan fingerprint density at radius 2 is 1.89 bits per heavy atom. The van der Waals surface area contributed by atoms with E-state index in [-0.39, 0.29) is 19.0 Å². The molecule has 2 N–H and O–H groups in total. The zero-order valence-electron chi connectivity index (χ0n) is 4.78. The highest BCUT2D eigenvalue weighted by atomic mass is 19.4. The van der Waals surface area contributed by atoms with Crippen molar-refractivity contribution in [2.75, 3.05) is 6.54 Å². The summed E-state index contributed by atoms with van der Waals surface area (Å²) in [6.07, 6.45) is -2.70. The van der Waals surface area contributed by atoms with E-state index in [4.69, 9.17) is 5.73 Å². The molecule has 0 bridgehead atoms. The fourth-order valence-electron chi connectivity index (χ4n) is 0.313. The number of nitrogens with two attached hydrogens (primary N) is 1. The molecule has 0 aliphatic carbocycles. The zero-order valence-corrected chi connectivity index (χ0v) is 4.78. The Balaban J connectivity index is 3.45. The van der Waals surface area contributed by atoms with E-state index in [2.05, 4.69) is 0 Å². The van der Waals surface area contributed by atoms with Gasteiger partial charge in [-0.3, -0.25) is 0 Å². The predicted molar refractivity (Wildman–Crippen MR) is 28.9 cm³/mol. The first-order valence-corrected chi connectivity index (χ1v) is 2.51. The van der Waals surface area contributed by atoms with Gasteiger partial charge in [0.05, 0.1) is 0 Å². The molecule has 0 saturated heterocycles. The van der Waals surface area contributed by atoms with E-state index >= 15 is 0 Å². The molecular formula is C5H8F3N. The van der Waals surface area contributed by atoms with Gasteiger partial charge in [0.2, 0.25) is 0 Å². The topological polar surface area (TPSA) is 26.0 Å². The van der Waals surface area contributed by atoms with E-state index < -0.39 is 6.18 Å².